The molecule has 2 atom stereocenters. The van der Waals surface area contributed by atoms with Gasteiger partial charge in [0.15, 0.2) is 0 Å². The molecule has 1 heterocycles. The van der Waals surface area contributed by atoms with E-state index in [0.717, 1.165) is 16.3 Å². The van der Waals surface area contributed by atoms with Crippen LogP contribution in [0.25, 0.3) is 10.8 Å². The quantitative estimate of drug-likeness (QED) is 0.871. The number of hydrogen-bond acceptors (Lipinski definition) is 2. The highest BCUT2D eigenvalue weighted by atomic mass is 35.5. The van der Waals surface area contributed by atoms with Gasteiger partial charge in [0.05, 0.1) is 15.7 Å². The predicted octanol–water partition coefficient (Wildman–Crippen LogP) is 4.00. The molecule has 0 fully saturated rings. The van der Waals surface area contributed by atoms with E-state index in [1.165, 1.54) is 0 Å². The first-order valence-corrected chi connectivity index (χ1v) is 8.03. The first-order valence-electron chi connectivity index (χ1n) is 6.50. The molecule has 0 saturated carbocycles. The summed E-state index contributed by atoms with van der Waals surface area (Å²) in [6, 6.07) is 7.93. The van der Waals surface area contributed by atoms with Gasteiger partial charge in [-0.3, -0.25) is 0 Å². The highest BCUT2D eigenvalue weighted by Crippen LogP contribution is 2.23. The zero-order valence-electron chi connectivity index (χ0n) is 12.1. The van der Waals surface area contributed by atoms with Gasteiger partial charge in [0.2, 0.25) is 0 Å². The number of nitrogens with zero attached hydrogens (tertiary/aromatic N) is 1. The number of hydrogen-bond donors (Lipinski definition) is 1. The van der Waals surface area contributed by atoms with E-state index in [1.54, 1.807) is 6.20 Å². The van der Waals surface area contributed by atoms with Crippen LogP contribution in [0, 0.1) is 0 Å². The molecule has 1 aromatic heterocycles. The van der Waals surface area contributed by atoms with Gasteiger partial charge in [-0.25, -0.2) is 13.9 Å². The SMILES string of the molecule is C[C@@H](NS(=O)C(C)(C)C)c1ccc2cnc(Cl)cc2c1. The molecule has 2 aromatic rings. The van der Waals surface area contributed by atoms with Crippen molar-refractivity contribution in [3.8, 4) is 0 Å². The second-order valence-electron chi connectivity index (χ2n) is 5.83. The van der Waals surface area contributed by atoms with Gasteiger partial charge in [-0.1, -0.05) is 23.7 Å². The molecule has 20 heavy (non-hydrogen) atoms. The van der Waals surface area contributed by atoms with Gasteiger partial charge in [0.25, 0.3) is 0 Å². The van der Waals surface area contributed by atoms with Crippen LogP contribution < -0.4 is 4.72 Å². The summed E-state index contributed by atoms with van der Waals surface area (Å²) in [5, 5.41) is 2.56. The molecule has 0 saturated heterocycles. The smallest absolute Gasteiger partial charge is 0.129 e. The van der Waals surface area contributed by atoms with Crippen LogP contribution in [0.3, 0.4) is 0 Å². The lowest BCUT2D eigenvalue weighted by atomic mass is 10.1. The summed E-state index contributed by atoms with van der Waals surface area (Å²) in [6.45, 7) is 7.87. The number of rotatable bonds is 3. The molecule has 108 valence electrons. The van der Waals surface area contributed by atoms with E-state index in [2.05, 4.69) is 15.8 Å². The summed E-state index contributed by atoms with van der Waals surface area (Å²) in [4.78, 5) is 4.06. The third kappa shape index (κ3) is 3.57. The fourth-order valence-electron chi connectivity index (χ4n) is 1.81. The van der Waals surface area contributed by atoms with E-state index >= 15 is 0 Å². The molecular weight excluding hydrogens is 292 g/mol. The summed E-state index contributed by atoms with van der Waals surface area (Å²) in [5.74, 6) is 0. The number of benzene rings is 1. The summed E-state index contributed by atoms with van der Waals surface area (Å²) in [5.41, 5.74) is 1.08. The van der Waals surface area contributed by atoms with E-state index < -0.39 is 11.0 Å². The highest BCUT2D eigenvalue weighted by Gasteiger charge is 2.21. The zero-order chi connectivity index (χ0) is 14.9. The Morgan fingerprint density at radius 3 is 2.60 bits per heavy atom. The van der Waals surface area contributed by atoms with Gasteiger partial charge in [-0.05, 0) is 50.8 Å². The third-order valence-electron chi connectivity index (χ3n) is 3.05. The van der Waals surface area contributed by atoms with Crippen molar-refractivity contribution in [2.45, 2.75) is 38.5 Å². The van der Waals surface area contributed by atoms with Crippen molar-refractivity contribution in [2.75, 3.05) is 0 Å². The summed E-state index contributed by atoms with van der Waals surface area (Å²) in [7, 11) is -1.09. The number of halogens is 1. The van der Waals surface area contributed by atoms with Crippen LogP contribution in [0.4, 0.5) is 0 Å². The normalized spacial score (nSPS) is 15.2. The fourth-order valence-corrected chi connectivity index (χ4v) is 2.78. The van der Waals surface area contributed by atoms with Crippen LogP contribution in [0.1, 0.15) is 39.3 Å². The molecule has 2 rings (SSSR count). The van der Waals surface area contributed by atoms with E-state index in [4.69, 9.17) is 11.6 Å². The Kier molecular flexibility index (Phi) is 4.47. The topological polar surface area (TPSA) is 42.0 Å². The molecule has 3 nitrogen and oxygen atoms in total. The van der Waals surface area contributed by atoms with E-state index in [9.17, 15) is 4.21 Å². The fraction of sp³-hybridized carbons (Fsp3) is 0.400. The Labute approximate surface area is 127 Å². The molecule has 0 aliphatic heterocycles. The summed E-state index contributed by atoms with van der Waals surface area (Å²) in [6.07, 6.45) is 1.76. The molecule has 0 amide bonds. The number of aromatic nitrogens is 1. The molecule has 1 unspecified atom stereocenters. The molecular formula is C15H19ClN2OS. The Bertz CT molecular complexity index is 652. The standard InChI is InChI=1S/C15H19ClN2OS/c1-10(18-20(19)15(2,3)4)11-5-6-12-9-17-14(16)8-13(12)7-11/h5-10,18H,1-4H3/t10-,20?/m1/s1. The lowest BCUT2D eigenvalue weighted by molar-refractivity contribution is 0.616. The van der Waals surface area contributed by atoms with Gasteiger partial charge in [0.1, 0.15) is 5.15 Å². The molecule has 0 radical (unpaired) electrons. The number of nitrogens with one attached hydrogen (secondary N) is 1. The third-order valence-corrected chi connectivity index (χ3v) is 4.94. The van der Waals surface area contributed by atoms with Crippen molar-refractivity contribution in [2.24, 2.45) is 0 Å². The predicted molar refractivity (Wildman–Crippen MR) is 86.2 cm³/mol. The monoisotopic (exact) mass is 310 g/mol. The molecule has 0 aliphatic rings. The summed E-state index contributed by atoms with van der Waals surface area (Å²) < 4.78 is 15.0. The first-order chi connectivity index (χ1) is 9.27. The van der Waals surface area contributed by atoms with Gasteiger partial charge in [-0.15, -0.1) is 0 Å². The number of pyridine rings is 1. The van der Waals surface area contributed by atoms with Crippen molar-refractivity contribution in [3.63, 3.8) is 0 Å². The lowest BCUT2D eigenvalue weighted by Gasteiger charge is -2.22. The average Bonchev–Trinajstić information content (AvgIpc) is 2.36. The van der Waals surface area contributed by atoms with Crippen LogP contribution in [0.5, 0.6) is 0 Å². The minimum Gasteiger partial charge on any atom is -0.244 e. The van der Waals surface area contributed by atoms with Crippen LogP contribution in [-0.2, 0) is 11.0 Å². The van der Waals surface area contributed by atoms with Crippen LogP contribution in [0.15, 0.2) is 30.5 Å². The van der Waals surface area contributed by atoms with E-state index in [1.807, 2.05) is 45.9 Å². The van der Waals surface area contributed by atoms with Crippen LogP contribution in [-0.4, -0.2) is 13.9 Å². The molecule has 1 aromatic carbocycles. The molecule has 0 aliphatic carbocycles. The lowest BCUT2D eigenvalue weighted by Crippen LogP contribution is -2.34. The van der Waals surface area contributed by atoms with Crippen LogP contribution in [0.2, 0.25) is 5.15 Å². The maximum atomic E-state index is 12.1. The Morgan fingerprint density at radius 1 is 1.25 bits per heavy atom. The highest BCUT2D eigenvalue weighted by molar-refractivity contribution is 7.84. The van der Waals surface area contributed by atoms with Crippen molar-refractivity contribution in [1.29, 1.82) is 0 Å². The van der Waals surface area contributed by atoms with Crippen molar-refractivity contribution in [3.05, 3.63) is 41.2 Å². The summed E-state index contributed by atoms with van der Waals surface area (Å²) >= 11 is 5.92. The minimum absolute atomic E-state index is 0.00593. The van der Waals surface area contributed by atoms with E-state index in [0.29, 0.717) is 5.15 Å². The largest absolute Gasteiger partial charge is 0.244 e. The molecule has 5 heteroatoms. The molecule has 0 bridgehead atoms. The van der Waals surface area contributed by atoms with Crippen molar-refractivity contribution in [1.82, 2.24) is 9.71 Å². The Balaban J connectivity index is 2.26. The second kappa shape index (κ2) is 5.80. The van der Waals surface area contributed by atoms with Crippen molar-refractivity contribution < 1.29 is 4.21 Å². The molecule has 1 N–H and O–H groups in total. The zero-order valence-corrected chi connectivity index (χ0v) is 13.7. The van der Waals surface area contributed by atoms with Gasteiger partial charge < -0.3 is 0 Å². The minimum atomic E-state index is -1.09. The maximum Gasteiger partial charge on any atom is 0.129 e. The van der Waals surface area contributed by atoms with Crippen molar-refractivity contribution >= 4 is 33.4 Å². The second-order valence-corrected chi connectivity index (χ2v) is 8.22. The van der Waals surface area contributed by atoms with Gasteiger partial charge in [0, 0.05) is 17.6 Å². The Hall–Kier alpha value is -0.970. The van der Waals surface area contributed by atoms with E-state index in [-0.39, 0.29) is 10.8 Å². The maximum absolute atomic E-state index is 12.1. The van der Waals surface area contributed by atoms with Gasteiger partial charge >= 0.3 is 0 Å². The number of fused-ring (bicyclic) bond motifs is 1. The first kappa shape index (κ1) is 15.4. The Morgan fingerprint density at radius 2 is 1.95 bits per heavy atom. The van der Waals surface area contributed by atoms with Gasteiger partial charge in [-0.2, -0.15) is 0 Å². The molecule has 0 spiro atoms. The van der Waals surface area contributed by atoms with Crippen LogP contribution >= 0.6 is 11.6 Å². The average molecular weight is 311 g/mol.